The van der Waals surface area contributed by atoms with E-state index in [9.17, 15) is 0 Å². The zero-order valence-electron chi connectivity index (χ0n) is 6.23. The standard InChI is InChI=1S/C9H7NO2/c1-2-5-10-8-6-7(11)3-4-9(8)12/h1,3-6,11-12H. The van der Waals surface area contributed by atoms with Crippen molar-refractivity contribution in [2.24, 2.45) is 4.99 Å². The maximum absolute atomic E-state index is 9.17. The Hall–Kier alpha value is -1.95. The summed E-state index contributed by atoms with van der Waals surface area (Å²) >= 11 is 0. The lowest BCUT2D eigenvalue weighted by Gasteiger charge is -1.97. The molecule has 0 saturated carbocycles. The van der Waals surface area contributed by atoms with Crippen LogP contribution in [0.2, 0.25) is 0 Å². The van der Waals surface area contributed by atoms with Crippen molar-refractivity contribution >= 4 is 11.9 Å². The summed E-state index contributed by atoms with van der Waals surface area (Å²) < 4.78 is 0. The molecular formula is C9H7NO2. The summed E-state index contributed by atoms with van der Waals surface area (Å²) in [5.74, 6) is 2.20. The van der Waals surface area contributed by atoms with Gasteiger partial charge in [0.25, 0.3) is 0 Å². The number of terminal acetylenes is 1. The molecule has 0 radical (unpaired) electrons. The molecule has 0 bridgehead atoms. The number of phenolic OH excluding ortho intramolecular Hbond substituents is 2. The van der Waals surface area contributed by atoms with E-state index in [2.05, 4.69) is 10.9 Å². The lowest BCUT2D eigenvalue weighted by atomic mass is 10.3. The highest BCUT2D eigenvalue weighted by molar-refractivity contribution is 5.81. The van der Waals surface area contributed by atoms with Gasteiger partial charge >= 0.3 is 0 Å². The van der Waals surface area contributed by atoms with Gasteiger partial charge < -0.3 is 10.2 Å². The quantitative estimate of drug-likeness (QED) is 0.372. The molecule has 0 aromatic heterocycles. The smallest absolute Gasteiger partial charge is 0.141 e. The van der Waals surface area contributed by atoms with Crippen LogP contribution in [0.5, 0.6) is 11.5 Å². The van der Waals surface area contributed by atoms with Crippen LogP contribution >= 0.6 is 0 Å². The summed E-state index contributed by atoms with van der Waals surface area (Å²) in [6.45, 7) is 0. The van der Waals surface area contributed by atoms with Gasteiger partial charge in [0.1, 0.15) is 17.2 Å². The fourth-order valence-corrected chi connectivity index (χ4v) is 0.722. The molecule has 1 aromatic carbocycles. The van der Waals surface area contributed by atoms with Crippen molar-refractivity contribution in [3.63, 3.8) is 0 Å². The van der Waals surface area contributed by atoms with Crippen LogP contribution in [-0.4, -0.2) is 16.4 Å². The molecule has 0 aliphatic heterocycles. The zero-order chi connectivity index (χ0) is 8.97. The highest BCUT2D eigenvalue weighted by atomic mass is 16.3. The Bertz CT molecular complexity index is 350. The van der Waals surface area contributed by atoms with Gasteiger partial charge in [0.2, 0.25) is 0 Å². The highest BCUT2D eigenvalue weighted by Crippen LogP contribution is 2.29. The Balaban J connectivity index is 3.07. The number of nitrogens with zero attached hydrogens (tertiary/aromatic N) is 1. The van der Waals surface area contributed by atoms with Crippen molar-refractivity contribution in [3.8, 4) is 23.8 Å². The summed E-state index contributed by atoms with van der Waals surface area (Å²) in [6, 6.07) is 4.03. The molecule has 0 heterocycles. The summed E-state index contributed by atoms with van der Waals surface area (Å²) in [5.41, 5.74) is 0.257. The minimum Gasteiger partial charge on any atom is -0.508 e. The summed E-state index contributed by atoms with van der Waals surface area (Å²) in [5, 5.41) is 18.2. The van der Waals surface area contributed by atoms with Gasteiger partial charge in [0, 0.05) is 6.07 Å². The van der Waals surface area contributed by atoms with E-state index in [0.717, 1.165) is 0 Å². The first-order chi connectivity index (χ1) is 5.74. The van der Waals surface area contributed by atoms with Crippen LogP contribution in [0.15, 0.2) is 23.2 Å². The molecule has 3 heteroatoms. The number of phenols is 2. The Kier molecular flexibility index (Phi) is 2.34. The third kappa shape index (κ3) is 1.77. The van der Waals surface area contributed by atoms with Crippen LogP contribution in [0.3, 0.4) is 0 Å². The largest absolute Gasteiger partial charge is 0.508 e. The van der Waals surface area contributed by atoms with Crippen LogP contribution in [0.1, 0.15) is 0 Å². The van der Waals surface area contributed by atoms with E-state index in [1.54, 1.807) is 0 Å². The monoisotopic (exact) mass is 161 g/mol. The predicted octanol–water partition coefficient (Wildman–Crippen LogP) is 1.43. The first-order valence-corrected chi connectivity index (χ1v) is 3.24. The third-order valence-electron chi connectivity index (χ3n) is 1.24. The first kappa shape index (κ1) is 8.15. The molecule has 0 aliphatic rings. The van der Waals surface area contributed by atoms with Gasteiger partial charge in [-0.05, 0) is 12.1 Å². The van der Waals surface area contributed by atoms with Gasteiger partial charge in [-0.1, -0.05) is 5.92 Å². The van der Waals surface area contributed by atoms with Gasteiger partial charge in [-0.3, -0.25) is 0 Å². The van der Waals surface area contributed by atoms with Gasteiger partial charge in [-0.2, -0.15) is 0 Å². The molecule has 0 fully saturated rings. The van der Waals surface area contributed by atoms with Crippen LogP contribution in [0, 0.1) is 12.3 Å². The predicted molar refractivity (Wildman–Crippen MR) is 46.8 cm³/mol. The second-order valence-corrected chi connectivity index (χ2v) is 2.10. The fourth-order valence-electron chi connectivity index (χ4n) is 0.722. The Morgan fingerprint density at radius 1 is 1.42 bits per heavy atom. The molecule has 0 saturated heterocycles. The fraction of sp³-hybridized carbons (Fsp3) is 0. The maximum atomic E-state index is 9.17. The minimum absolute atomic E-state index is 0.0145. The van der Waals surface area contributed by atoms with Crippen LogP contribution in [-0.2, 0) is 0 Å². The molecule has 12 heavy (non-hydrogen) atoms. The Morgan fingerprint density at radius 3 is 2.83 bits per heavy atom. The normalized spacial score (nSPS) is 9.92. The molecule has 1 aromatic rings. The molecule has 0 atom stereocenters. The highest BCUT2D eigenvalue weighted by Gasteiger charge is 1.98. The van der Waals surface area contributed by atoms with Crippen molar-refractivity contribution in [2.75, 3.05) is 0 Å². The van der Waals surface area contributed by atoms with Crippen molar-refractivity contribution in [2.45, 2.75) is 0 Å². The summed E-state index contributed by atoms with van der Waals surface area (Å²) in [6.07, 6.45) is 6.12. The van der Waals surface area contributed by atoms with Crippen LogP contribution in [0.25, 0.3) is 0 Å². The Labute approximate surface area is 70.0 Å². The SMILES string of the molecule is C#CC=Nc1cc(O)ccc1O. The van der Waals surface area contributed by atoms with Crippen molar-refractivity contribution in [3.05, 3.63) is 18.2 Å². The zero-order valence-corrected chi connectivity index (χ0v) is 6.23. The lowest BCUT2D eigenvalue weighted by molar-refractivity contribution is 0.461. The average molecular weight is 161 g/mol. The van der Waals surface area contributed by atoms with Gasteiger partial charge in [-0.25, -0.2) is 4.99 Å². The molecule has 1 rings (SSSR count). The number of rotatable bonds is 1. The number of aliphatic imine (C=N–C) groups is 1. The Morgan fingerprint density at radius 2 is 2.17 bits per heavy atom. The molecular weight excluding hydrogens is 154 g/mol. The lowest BCUT2D eigenvalue weighted by Crippen LogP contribution is -1.70. The van der Waals surface area contributed by atoms with Crippen LogP contribution < -0.4 is 0 Å². The van der Waals surface area contributed by atoms with Crippen molar-refractivity contribution in [1.29, 1.82) is 0 Å². The van der Waals surface area contributed by atoms with E-state index in [0.29, 0.717) is 0 Å². The number of benzene rings is 1. The first-order valence-electron chi connectivity index (χ1n) is 3.24. The van der Waals surface area contributed by atoms with Crippen LogP contribution in [0.4, 0.5) is 5.69 Å². The van der Waals surface area contributed by atoms with E-state index in [1.165, 1.54) is 24.4 Å². The van der Waals surface area contributed by atoms with E-state index in [1.807, 2.05) is 0 Å². The second-order valence-electron chi connectivity index (χ2n) is 2.10. The van der Waals surface area contributed by atoms with Gasteiger partial charge in [-0.15, -0.1) is 6.42 Å². The van der Waals surface area contributed by atoms with Crippen molar-refractivity contribution in [1.82, 2.24) is 0 Å². The third-order valence-corrected chi connectivity index (χ3v) is 1.24. The second kappa shape index (κ2) is 3.44. The summed E-state index contributed by atoms with van der Waals surface area (Å²) in [7, 11) is 0. The maximum Gasteiger partial charge on any atom is 0.141 e. The minimum atomic E-state index is -0.0145. The molecule has 0 amide bonds. The molecule has 0 unspecified atom stereocenters. The van der Waals surface area contributed by atoms with Gasteiger partial charge in [0.05, 0.1) is 6.21 Å². The van der Waals surface area contributed by atoms with Crippen molar-refractivity contribution < 1.29 is 10.2 Å². The molecule has 0 aliphatic carbocycles. The number of aromatic hydroxyl groups is 2. The van der Waals surface area contributed by atoms with Gasteiger partial charge in [0.15, 0.2) is 0 Å². The molecule has 3 nitrogen and oxygen atoms in total. The summed E-state index contributed by atoms with van der Waals surface area (Å²) in [4.78, 5) is 3.71. The number of hydrogen-bond donors (Lipinski definition) is 2. The van der Waals surface area contributed by atoms with E-state index >= 15 is 0 Å². The molecule has 60 valence electrons. The number of hydrogen-bond acceptors (Lipinski definition) is 3. The average Bonchev–Trinajstić information content (AvgIpc) is 2.07. The van der Waals surface area contributed by atoms with E-state index in [-0.39, 0.29) is 17.2 Å². The topological polar surface area (TPSA) is 52.8 Å². The molecule has 0 spiro atoms. The molecule has 2 N–H and O–H groups in total. The van der Waals surface area contributed by atoms with E-state index < -0.39 is 0 Å². The van der Waals surface area contributed by atoms with E-state index in [4.69, 9.17) is 16.6 Å².